The van der Waals surface area contributed by atoms with Gasteiger partial charge in [0.15, 0.2) is 0 Å². The minimum atomic E-state index is -0.358. The van der Waals surface area contributed by atoms with E-state index in [1.807, 2.05) is 0 Å². The number of ether oxygens (including phenoxy) is 1. The molecule has 2 heterocycles. The van der Waals surface area contributed by atoms with Gasteiger partial charge in [0, 0.05) is 37.6 Å². The van der Waals surface area contributed by atoms with Crippen molar-refractivity contribution in [2.75, 3.05) is 33.3 Å². The van der Waals surface area contributed by atoms with Crippen LogP contribution in [-0.4, -0.2) is 60.2 Å². The molecule has 1 fully saturated rings. The highest BCUT2D eigenvalue weighted by Gasteiger charge is 2.23. The Morgan fingerprint density at radius 1 is 1.26 bits per heavy atom. The molecule has 1 aromatic heterocycles. The lowest BCUT2D eigenvalue weighted by Crippen LogP contribution is -2.37. The summed E-state index contributed by atoms with van der Waals surface area (Å²) in [5.74, 6) is 0.0105. The summed E-state index contributed by atoms with van der Waals surface area (Å²) >= 11 is 1.22. The van der Waals surface area contributed by atoms with E-state index in [0.717, 1.165) is 6.42 Å². The van der Waals surface area contributed by atoms with E-state index in [4.69, 9.17) is 0 Å². The van der Waals surface area contributed by atoms with E-state index < -0.39 is 0 Å². The maximum absolute atomic E-state index is 12.2. The summed E-state index contributed by atoms with van der Waals surface area (Å²) in [5, 5.41) is 10.8. The van der Waals surface area contributed by atoms with Crippen LogP contribution >= 0.6 is 11.3 Å². The lowest BCUT2D eigenvalue weighted by Gasteiger charge is -2.20. The van der Waals surface area contributed by atoms with Gasteiger partial charge in [-0.2, -0.15) is 0 Å². The minimum Gasteiger partial charge on any atom is -0.507 e. The Balaban J connectivity index is 1.99. The van der Waals surface area contributed by atoms with Crippen molar-refractivity contribution in [3.05, 3.63) is 16.3 Å². The molecule has 104 valence electrons. The molecule has 1 saturated heterocycles. The average molecular weight is 284 g/mol. The van der Waals surface area contributed by atoms with E-state index in [-0.39, 0.29) is 17.7 Å². The number of aromatic hydroxyl groups is 1. The monoisotopic (exact) mass is 284 g/mol. The molecule has 0 aliphatic carbocycles. The smallest absolute Gasteiger partial charge is 0.409 e. The van der Waals surface area contributed by atoms with Gasteiger partial charge in [-0.1, -0.05) is 0 Å². The summed E-state index contributed by atoms with van der Waals surface area (Å²) < 4.78 is 4.68. The maximum atomic E-state index is 12.2. The molecule has 0 bridgehead atoms. The number of carbonyl (C=O) groups excluding carboxylic acids is 2. The van der Waals surface area contributed by atoms with Crippen LogP contribution in [-0.2, 0) is 4.74 Å². The van der Waals surface area contributed by atoms with Gasteiger partial charge in [0.05, 0.1) is 12.0 Å². The van der Waals surface area contributed by atoms with Crippen molar-refractivity contribution in [3.63, 3.8) is 0 Å². The van der Waals surface area contributed by atoms with E-state index in [9.17, 15) is 14.7 Å². The Hall–Kier alpha value is -1.76. The first-order valence-corrected chi connectivity index (χ1v) is 6.89. The number of methoxy groups -OCH3 is 1. The summed E-state index contributed by atoms with van der Waals surface area (Å²) in [4.78, 5) is 27.5. The third-order valence-electron chi connectivity index (χ3n) is 3.01. The van der Waals surface area contributed by atoms with Crippen LogP contribution < -0.4 is 0 Å². The molecule has 6 nitrogen and oxygen atoms in total. The molecule has 2 amide bonds. The normalized spacial score (nSPS) is 16.1. The maximum Gasteiger partial charge on any atom is 0.409 e. The SMILES string of the molecule is COC(=O)N1CCCN(C(=O)c2cc(O)cs2)CC1. The molecular weight excluding hydrogens is 268 g/mol. The van der Waals surface area contributed by atoms with Crippen LogP contribution in [0.3, 0.4) is 0 Å². The fourth-order valence-corrected chi connectivity index (χ4v) is 2.76. The van der Waals surface area contributed by atoms with Gasteiger partial charge in [0.25, 0.3) is 5.91 Å². The van der Waals surface area contributed by atoms with Gasteiger partial charge in [-0.15, -0.1) is 11.3 Å². The zero-order valence-electron chi connectivity index (χ0n) is 10.7. The molecule has 2 rings (SSSR count). The van der Waals surface area contributed by atoms with Gasteiger partial charge in [-0.05, 0) is 6.42 Å². The molecule has 1 N–H and O–H groups in total. The third-order valence-corrected chi connectivity index (χ3v) is 3.92. The third kappa shape index (κ3) is 3.17. The first kappa shape index (κ1) is 13.7. The standard InChI is InChI=1S/C12H16N2O4S/c1-18-12(17)14-4-2-3-13(5-6-14)11(16)10-7-9(15)8-19-10/h7-8,15H,2-6H2,1H3. The van der Waals surface area contributed by atoms with E-state index in [2.05, 4.69) is 4.74 Å². The molecule has 0 atom stereocenters. The number of carbonyl (C=O) groups is 2. The highest BCUT2D eigenvalue weighted by molar-refractivity contribution is 7.12. The van der Waals surface area contributed by atoms with Gasteiger partial charge < -0.3 is 19.6 Å². The van der Waals surface area contributed by atoms with Crippen LogP contribution in [0.5, 0.6) is 5.75 Å². The van der Waals surface area contributed by atoms with Crippen molar-refractivity contribution in [1.29, 1.82) is 0 Å². The molecule has 0 aromatic carbocycles. The van der Waals surface area contributed by atoms with Crippen molar-refractivity contribution in [2.45, 2.75) is 6.42 Å². The second kappa shape index (κ2) is 5.92. The lowest BCUT2D eigenvalue weighted by molar-refractivity contribution is 0.0761. The Kier molecular flexibility index (Phi) is 4.26. The van der Waals surface area contributed by atoms with Crippen LogP contribution in [0.1, 0.15) is 16.1 Å². The van der Waals surface area contributed by atoms with Crippen LogP contribution in [0.4, 0.5) is 4.79 Å². The highest BCUT2D eigenvalue weighted by Crippen LogP contribution is 2.22. The average Bonchev–Trinajstić information content (AvgIpc) is 2.71. The second-order valence-electron chi connectivity index (χ2n) is 4.27. The van der Waals surface area contributed by atoms with E-state index in [0.29, 0.717) is 31.1 Å². The summed E-state index contributed by atoms with van der Waals surface area (Å²) in [6, 6.07) is 1.47. The van der Waals surface area contributed by atoms with Crippen LogP contribution in [0, 0.1) is 0 Å². The van der Waals surface area contributed by atoms with Crippen molar-refractivity contribution in [3.8, 4) is 5.75 Å². The number of nitrogens with zero attached hydrogens (tertiary/aromatic N) is 2. The first-order valence-electron chi connectivity index (χ1n) is 6.01. The summed E-state index contributed by atoms with van der Waals surface area (Å²) in [6.07, 6.45) is 0.362. The highest BCUT2D eigenvalue weighted by atomic mass is 32.1. The predicted octanol–water partition coefficient (Wildman–Crippen LogP) is 1.37. The number of rotatable bonds is 1. The van der Waals surface area contributed by atoms with E-state index >= 15 is 0 Å². The number of amides is 2. The molecule has 0 saturated carbocycles. The largest absolute Gasteiger partial charge is 0.507 e. The Bertz CT molecular complexity index is 474. The second-order valence-corrected chi connectivity index (χ2v) is 5.18. The number of thiophene rings is 1. The molecule has 7 heteroatoms. The van der Waals surface area contributed by atoms with Crippen LogP contribution in [0.25, 0.3) is 0 Å². The van der Waals surface area contributed by atoms with E-state index in [1.165, 1.54) is 29.9 Å². The fraction of sp³-hybridized carbons (Fsp3) is 0.500. The predicted molar refractivity (Wildman–Crippen MR) is 70.5 cm³/mol. The number of hydrogen-bond acceptors (Lipinski definition) is 5. The Morgan fingerprint density at radius 2 is 1.95 bits per heavy atom. The first-order chi connectivity index (χ1) is 9.11. The van der Waals surface area contributed by atoms with E-state index in [1.54, 1.807) is 9.80 Å². The quantitative estimate of drug-likeness (QED) is 0.845. The molecule has 1 aromatic rings. The lowest BCUT2D eigenvalue weighted by atomic mass is 10.3. The van der Waals surface area contributed by atoms with Gasteiger partial charge in [-0.3, -0.25) is 4.79 Å². The van der Waals surface area contributed by atoms with Gasteiger partial charge in [0.2, 0.25) is 0 Å². The van der Waals surface area contributed by atoms with Crippen molar-refractivity contribution in [2.24, 2.45) is 0 Å². The minimum absolute atomic E-state index is 0.1000. The Morgan fingerprint density at radius 3 is 2.58 bits per heavy atom. The van der Waals surface area contributed by atoms with Gasteiger partial charge in [-0.25, -0.2) is 4.79 Å². The molecular formula is C12H16N2O4S. The fourth-order valence-electron chi connectivity index (χ4n) is 2.03. The van der Waals surface area contributed by atoms with Crippen LogP contribution in [0.2, 0.25) is 0 Å². The summed E-state index contributed by atoms with van der Waals surface area (Å²) in [6.45, 7) is 2.14. The zero-order valence-corrected chi connectivity index (χ0v) is 11.5. The van der Waals surface area contributed by atoms with Crippen molar-refractivity contribution >= 4 is 23.3 Å². The topological polar surface area (TPSA) is 70.1 Å². The van der Waals surface area contributed by atoms with Crippen molar-refractivity contribution < 1.29 is 19.4 Å². The summed E-state index contributed by atoms with van der Waals surface area (Å²) in [5.41, 5.74) is 0. The molecule has 19 heavy (non-hydrogen) atoms. The van der Waals surface area contributed by atoms with Crippen molar-refractivity contribution in [1.82, 2.24) is 9.80 Å². The number of hydrogen-bond donors (Lipinski definition) is 1. The Labute approximate surface area is 115 Å². The zero-order chi connectivity index (χ0) is 13.8. The molecule has 0 spiro atoms. The molecule has 1 aliphatic rings. The van der Waals surface area contributed by atoms with Gasteiger partial charge >= 0.3 is 6.09 Å². The molecule has 1 aliphatic heterocycles. The molecule has 0 unspecified atom stereocenters. The van der Waals surface area contributed by atoms with Crippen LogP contribution in [0.15, 0.2) is 11.4 Å². The van der Waals surface area contributed by atoms with Gasteiger partial charge in [0.1, 0.15) is 5.75 Å². The summed E-state index contributed by atoms with van der Waals surface area (Å²) in [7, 11) is 1.35. The molecule has 0 radical (unpaired) electrons.